The van der Waals surface area contributed by atoms with Gasteiger partial charge in [0.25, 0.3) is 5.91 Å². The van der Waals surface area contributed by atoms with E-state index in [1.165, 1.54) is 12.3 Å². The number of hydrogen-bond donors (Lipinski definition) is 1. The van der Waals surface area contributed by atoms with E-state index in [0.29, 0.717) is 5.76 Å². The lowest BCUT2D eigenvalue weighted by Crippen LogP contribution is -2.27. The summed E-state index contributed by atoms with van der Waals surface area (Å²) in [6.07, 6.45) is 4.44. The summed E-state index contributed by atoms with van der Waals surface area (Å²) < 4.78 is 9.89. The van der Waals surface area contributed by atoms with Gasteiger partial charge in [-0.3, -0.25) is 4.79 Å². The van der Waals surface area contributed by atoms with Gasteiger partial charge in [0.15, 0.2) is 6.61 Å². The van der Waals surface area contributed by atoms with E-state index in [0.717, 1.165) is 5.56 Å². The number of furan rings is 1. The molecule has 0 radical (unpaired) electrons. The predicted molar refractivity (Wildman–Crippen MR) is 77.0 cm³/mol. The van der Waals surface area contributed by atoms with Gasteiger partial charge in [-0.25, -0.2) is 4.79 Å². The lowest BCUT2D eigenvalue weighted by Gasteiger charge is -2.03. The van der Waals surface area contributed by atoms with Gasteiger partial charge in [-0.1, -0.05) is 30.3 Å². The molecule has 0 atom stereocenters. The molecule has 1 aromatic heterocycles. The number of ether oxygens (including phenoxy) is 1. The minimum Gasteiger partial charge on any atom is -0.467 e. The molecule has 1 amide bonds. The Labute approximate surface area is 122 Å². The number of hydrogen-bond acceptors (Lipinski definition) is 4. The summed E-state index contributed by atoms with van der Waals surface area (Å²) in [7, 11) is 0. The molecular formula is C16H15NO4. The molecule has 21 heavy (non-hydrogen) atoms. The van der Waals surface area contributed by atoms with Gasteiger partial charge in [0.2, 0.25) is 0 Å². The summed E-state index contributed by atoms with van der Waals surface area (Å²) in [5, 5.41) is 2.58. The third-order valence-electron chi connectivity index (χ3n) is 2.60. The summed E-state index contributed by atoms with van der Waals surface area (Å²) in [6, 6.07) is 12.8. The summed E-state index contributed by atoms with van der Waals surface area (Å²) in [6.45, 7) is -0.0537. The van der Waals surface area contributed by atoms with Crippen LogP contribution in [0.15, 0.2) is 59.2 Å². The molecule has 5 nitrogen and oxygen atoms in total. The molecule has 108 valence electrons. The SMILES string of the molecule is O=C(COC(=O)/C=C/c1ccccc1)NCc1ccco1. The number of rotatable bonds is 6. The number of carbonyl (C=O) groups excluding carboxylic acids is 2. The minimum atomic E-state index is -0.563. The third-order valence-corrected chi connectivity index (χ3v) is 2.60. The minimum absolute atomic E-state index is 0.267. The molecule has 1 aromatic carbocycles. The Balaban J connectivity index is 1.68. The first-order valence-corrected chi connectivity index (χ1v) is 6.43. The highest BCUT2D eigenvalue weighted by molar-refractivity contribution is 5.89. The van der Waals surface area contributed by atoms with Crippen LogP contribution < -0.4 is 5.32 Å². The van der Waals surface area contributed by atoms with Crippen molar-refractivity contribution >= 4 is 18.0 Å². The fourth-order valence-corrected chi connectivity index (χ4v) is 1.56. The second-order valence-electron chi connectivity index (χ2n) is 4.21. The van der Waals surface area contributed by atoms with Crippen LogP contribution in [0.5, 0.6) is 0 Å². The lowest BCUT2D eigenvalue weighted by molar-refractivity contribution is -0.143. The van der Waals surface area contributed by atoms with Gasteiger partial charge in [0.05, 0.1) is 12.8 Å². The fourth-order valence-electron chi connectivity index (χ4n) is 1.56. The van der Waals surface area contributed by atoms with E-state index in [-0.39, 0.29) is 19.1 Å². The number of carbonyl (C=O) groups is 2. The standard InChI is InChI=1S/C16H15NO4/c18-15(17-11-14-7-4-10-20-14)12-21-16(19)9-8-13-5-2-1-3-6-13/h1-10H,11-12H2,(H,17,18)/b9-8+. The Bertz CT molecular complexity index is 602. The molecule has 2 rings (SSSR count). The van der Waals surface area contributed by atoms with Crippen LogP contribution in [0.4, 0.5) is 0 Å². The average molecular weight is 285 g/mol. The van der Waals surface area contributed by atoms with Crippen LogP contribution in [0.3, 0.4) is 0 Å². The van der Waals surface area contributed by atoms with Gasteiger partial charge in [0.1, 0.15) is 5.76 Å². The highest BCUT2D eigenvalue weighted by atomic mass is 16.5. The highest BCUT2D eigenvalue weighted by Crippen LogP contribution is 2.01. The molecule has 1 heterocycles. The molecular weight excluding hydrogens is 270 g/mol. The van der Waals surface area contributed by atoms with Crippen LogP contribution >= 0.6 is 0 Å². The molecule has 1 N–H and O–H groups in total. The van der Waals surface area contributed by atoms with Gasteiger partial charge in [-0.05, 0) is 23.8 Å². The van der Waals surface area contributed by atoms with E-state index in [2.05, 4.69) is 5.32 Å². The molecule has 0 unspecified atom stereocenters. The van der Waals surface area contributed by atoms with Crippen molar-refractivity contribution in [2.24, 2.45) is 0 Å². The number of esters is 1. The normalized spacial score (nSPS) is 10.5. The largest absolute Gasteiger partial charge is 0.467 e. The van der Waals surface area contributed by atoms with Crippen molar-refractivity contribution in [2.75, 3.05) is 6.61 Å². The molecule has 0 saturated carbocycles. The van der Waals surface area contributed by atoms with Gasteiger partial charge in [-0.15, -0.1) is 0 Å². The first kappa shape index (κ1) is 14.6. The molecule has 0 fully saturated rings. The van der Waals surface area contributed by atoms with Crippen LogP contribution in [-0.2, 0) is 20.9 Å². The van der Waals surface area contributed by atoms with E-state index < -0.39 is 5.97 Å². The molecule has 0 aliphatic heterocycles. The maximum absolute atomic E-state index is 11.5. The van der Waals surface area contributed by atoms with Crippen molar-refractivity contribution < 1.29 is 18.7 Å². The van der Waals surface area contributed by atoms with E-state index in [4.69, 9.17) is 9.15 Å². The first-order valence-electron chi connectivity index (χ1n) is 6.43. The lowest BCUT2D eigenvalue weighted by atomic mass is 10.2. The smallest absolute Gasteiger partial charge is 0.331 e. The van der Waals surface area contributed by atoms with Gasteiger partial charge in [-0.2, -0.15) is 0 Å². The van der Waals surface area contributed by atoms with E-state index in [9.17, 15) is 9.59 Å². The summed E-state index contributed by atoms with van der Waals surface area (Å²) >= 11 is 0. The van der Waals surface area contributed by atoms with Crippen LogP contribution in [0.2, 0.25) is 0 Å². The molecule has 0 aliphatic carbocycles. The Hall–Kier alpha value is -2.82. The zero-order chi connectivity index (χ0) is 14.9. The van der Waals surface area contributed by atoms with Crippen molar-refractivity contribution in [3.63, 3.8) is 0 Å². The average Bonchev–Trinajstić information content (AvgIpc) is 3.03. The number of nitrogens with one attached hydrogen (secondary N) is 1. The molecule has 0 bridgehead atoms. The predicted octanol–water partition coefficient (Wildman–Crippen LogP) is 2.15. The Morgan fingerprint density at radius 3 is 2.67 bits per heavy atom. The van der Waals surface area contributed by atoms with Crippen LogP contribution in [0.1, 0.15) is 11.3 Å². The molecule has 0 saturated heterocycles. The van der Waals surface area contributed by atoms with E-state index in [1.807, 2.05) is 30.3 Å². The second-order valence-corrected chi connectivity index (χ2v) is 4.21. The highest BCUT2D eigenvalue weighted by Gasteiger charge is 2.05. The van der Waals surface area contributed by atoms with E-state index in [1.54, 1.807) is 18.2 Å². The molecule has 5 heteroatoms. The maximum atomic E-state index is 11.5. The van der Waals surface area contributed by atoms with Crippen molar-refractivity contribution in [1.29, 1.82) is 0 Å². The summed E-state index contributed by atoms with van der Waals surface area (Å²) in [5.41, 5.74) is 0.886. The molecule has 2 aromatic rings. The Kier molecular flexibility index (Phi) is 5.34. The van der Waals surface area contributed by atoms with E-state index >= 15 is 0 Å². The zero-order valence-electron chi connectivity index (χ0n) is 11.3. The third kappa shape index (κ3) is 5.36. The number of benzene rings is 1. The van der Waals surface area contributed by atoms with Crippen molar-refractivity contribution in [3.05, 3.63) is 66.1 Å². The molecule has 0 aliphatic rings. The monoisotopic (exact) mass is 285 g/mol. The van der Waals surface area contributed by atoms with Crippen molar-refractivity contribution in [3.8, 4) is 0 Å². The van der Waals surface area contributed by atoms with Crippen LogP contribution in [0, 0.1) is 0 Å². The molecule has 0 spiro atoms. The first-order chi connectivity index (χ1) is 10.2. The Morgan fingerprint density at radius 2 is 1.95 bits per heavy atom. The summed E-state index contributed by atoms with van der Waals surface area (Å²) in [4.78, 5) is 22.9. The topological polar surface area (TPSA) is 68.5 Å². The van der Waals surface area contributed by atoms with Gasteiger partial charge in [0, 0.05) is 6.08 Å². The van der Waals surface area contributed by atoms with Crippen molar-refractivity contribution in [1.82, 2.24) is 5.32 Å². The summed E-state index contributed by atoms with van der Waals surface area (Å²) in [5.74, 6) is -0.307. The van der Waals surface area contributed by atoms with Gasteiger partial charge < -0.3 is 14.5 Å². The zero-order valence-corrected chi connectivity index (χ0v) is 11.3. The van der Waals surface area contributed by atoms with Gasteiger partial charge >= 0.3 is 5.97 Å². The second kappa shape index (κ2) is 7.69. The maximum Gasteiger partial charge on any atom is 0.331 e. The number of amides is 1. The van der Waals surface area contributed by atoms with Crippen LogP contribution in [-0.4, -0.2) is 18.5 Å². The van der Waals surface area contributed by atoms with Crippen LogP contribution in [0.25, 0.3) is 6.08 Å². The quantitative estimate of drug-likeness (QED) is 0.652. The fraction of sp³-hybridized carbons (Fsp3) is 0.125. The van der Waals surface area contributed by atoms with Crippen molar-refractivity contribution in [2.45, 2.75) is 6.54 Å². The Morgan fingerprint density at radius 1 is 1.14 bits per heavy atom.